The van der Waals surface area contributed by atoms with Gasteiger partial charge in [-0.15, -0.1) is 0 Å². The van der Waals surface area contributed by atoms with Crippen molar-refractivity contribution in [1.29, 1.82) is 0 Å². The molecular formula is C10H15ClN2O. The van der Waals surface area contributed by atoms with Gasteiger partial charge in [0, 0.05) is 0 Å². The number of rotatable bonds is 1. The van der Waals surface area contributed by atoms with Gasteiger partial charge in [-0.05, 0) is 34.6 Å². The number of hydrogen-bond donors (Lipinski definition) is 0. The number of nitrogens with zero attached hydrogens (tertiary/aromatic N) is 2. The van der Waals surface area contributed by atoms with E-state index in [0.29, 0.717) is 11.0 Å². The number of aryl methyl sites for hydroxylation is 2. The molecule has 1 heterocycles. The van der Waals surface area contributed by atoms with Crippen LogP contribution in [0.3, 0.4) is 0 Å². The Kier molecular flexibility index (Phi) is 3.00. The molecule has 0 saturated heterocycles. The van der Waals surface area contributed by atoms with Crippen LogP contribution in [0.5, 0.6) is 5.88 Å². The van der Waals surface area contributed by atoms with Crippen LogP contribution in [0.15, 0.2) is 0 Å². The highest BCUT2D eigenvalue weighted by Crippen LogP contribution is 2.24. The van der Waals surface area contributed by atoms with Gasteiger partial charge < -0.3 is 4.74 Å². The van der Waals surface area contributed by atoms with Gasteiger partial charge in [-0.3, -0.25) is 0 Å². The van der Waals surface area contributed by atoms with Crippen molar-refractivity contribution in [1.82, 2.24) is 9.97 Å². The van der Waals surface area contributed by atoms with E-state index in [1.807, 2.05) is 34.6 Å². The van der Waals surface area contributed by atoms with Gasteiger partial charge in [-0.1, -0.05) is 11.6 Å². The zero-order valence-corrected chi connectivity index (χ0v) is 9.94. The maximum Gasteiger partial charge on any atom is 0.252 e. The molecule has 0 saturated carbocycles. The lowest BCUT2D eigenvalue weighted by molar-refractivity contribution is 0.123. The van der Waals surface area contributed by atoms with Crippen molar-refractivity contribution >= 4 is 11.6 Å². The third-order valence-corrected chi connectivity index (χ3v) is 1.88. The van der Waals surface area contributed by atoms with Crippen molar-refractivity contribution in [3.8, 4) is 5.88 Å². The second-order valence-electron chi connectivity index (χ2n) is 4.20. The maximum absolute atomic E-state index is 5.91. The fraction of sp³-hybridized carbons (Fsp3) is 0.600. The highest BCUT2D eigenvalue weighted by atomic mass is 35.5. The fourth-order valence-corrected chi connectivity index (χ4v) is 1.12. The molecule has 78 valence electrons. The van der Waals surface area contributed by atoms with Crippen LogP contribution >= 0.6 is 11.6 Å². The molecule has 0 radical (unpaired) electrons. The third kappa shape index (κ3) is 2.84. The molecule has 0 aromatic carbocycles. The molecular weight excluding hydrogens is 200 g/mol. The van der Waals surface area contributed by atoms with E-state index in [0.717, 1.165) is 11.4 Å². The Balaban J connectivity index is 3.04. The molecule has 1 aromatic rings. The molecule has 0 atom stereocenters. The summed E-state index contributed by atoms with van der Waals surface area (Å²) in [7, 11) is 0. The van der Waals surface area contributed by atoms with Crippen molar-refractivity contribution in [3.63, 3.8) is 0 Å². The van der Waals surface area contributed by atoms with Gasteiger partial charge in [0.1, 0.15) is 5.60 Å². The minimum Gasteiger partial charge on any atom is -0.470 e. The van der Waals surface area contributed by atoms with E-state index >= 15 is 0 Å². The molecule has 0 fully saturated rings. The van der Waals surface area contributed by atoms with Crippen molar-refractivity contribution in [2.75, 3.05) is 0 Å². The maximum atomic E-state index is 5.91. The standard InChI is InChI=1S/C10H15ClN2O/c1-6-7(2)13-9(8(11)12-6)14-10(3,4)5/h1-5H3. The summed E-state index contributed by atoms with van der Waals surface area (Å²) in [6.07, 6.45) is 0. The van der Waals surface area contributed by atoms with E-state index in [4.69, 9.17) is 16.3 Å². The first-order valence-corrected chi connectivity index (χ1v) is 4.87. The molecule has 3 nitrogen and oxygen atoms in total. The van der Waals surface area contributed by atoms with Gasteiger partial charge in [-0.25, -0.2) is 9.97 Å². The molecule has 0 aliphatic heterocycles. The molecule has 1 aromatic heterocycles. The van der Waals surface area contributed by atoms with Gasteiger partial charge in [0.05, 0.1) is 11.4 Å². The predicted octanol–water partition coefficient (Wildman–Crippen LogP) is 2.92. The van der Waals surface area contributed by atoms with Gasteiger partial charge in [0.2, 0.25) is 0 Å². The number of ether oxygens (including phenoxy) is 1. The highest BCUT2D eigenvalue weighted by molar-refractivity contribution is 6.30. The van der Waals surface area contributed by atoms with Gasteiger partial charge in [-0.2, -0.15) is 0 Å². The molecule has 0 spiro atoms. The Morgan fingerprint density at radius 3 is 2.07 bits per heavy atom. The van der Waals surface area contributed by atoms with Crippen molar-refractivity contribution < 1.29 is 4.74 Å². The summed E-state index contributed by atoms with van der Waals surface area (Å²) in [5, 5.41) is 0.322. The minimum atomic E-state index is -0.306. The molecule has 0 aliphatic carbocycles. The normalized spacial score (nSPS) is 11.6. The van der Waals surface area contributed by atoms with Crippen LogP contribution < -0.4 is 4.74 Å². The van der Waals surface area contributed by atoms with E-state index in [2.05, 4.69) is 9.97 Å². The van der Waals surface area contributed by atoms with E-state index in [1.54, 1.807) is 0 Å². The molecule has 4 heteroatoms. The first-order chi connectivity index (χ1) is 6.29. The highest BCUT2D eigenvalue weighted by Gasteiger charge is 2.16. The number of hydrogen-bond acceptors (Lipinski definition) is 3. The molecule has 0 bridgehead atoms. The first-order valence-electron chi connectivity index (χ1n) is 4.49. The quantitative estimate of drug-likeness (QED) is 0.721. The monoisotopic (exact) mass is 214 g/mol. The molecule has 1 rings (SSSR count). The molecule has 0 aliphatic rings. The van der Waals surface area contributed by atoms with Gasteiger partial charge in [0.15, 0.2) is 5.15 Å². The van der Waals surface area contributed by atoms with Crippen LogP contribution in [0.4, 0.5) is 0 Å². The van der Waals surface area contributed by atoms with E-state index in [9.17, 15) is 0 Å². The molecule has 0 unspecified atom stereocenters. The Bertz CT molecular complexity index is 345. The summed E-state index contributed by atoms with van der Waals surface area (Å²) in [5.74, 6) is 0.405. The van der Waals surface area contributed by atoms with Crippen LogP contribution in [0.1, 0.15) is 32.2 Å². The summed E-state index contributed by atoms with van der Waals surface area (Å²) >= 11 is 5.91. The predicted molar refractivity (Wildman–Crippen MR) is 56.9 cm³/mol. The summed E-state index contributed by atoms with van der Waals surface area (Å²) < 4.78 is 5.56. The van der Waals surface area contributed by atoms with E-state index < -0.39 is 0 Å². The minimum absolute atomic E-state index is 0.306. The van der Waals surface area contributed by atoms with Crippen molar-refractivity contribution in [3.05, 3.63) is 16.5 Å². The zero-order chi connectivity index (χ0) is 10.9. The molecule has 0 amide bonds. The first kappa shape index (κ1) is 11.2. The lowest BCUT2D eigenvalue weighted by atomic mass is 10.2. The fourth-order valence-electron chi connectivity index (χ4n) is 0.910. The summed E-state index contributed by atoms with van der Waals surface area (Å²) in [6.45, 7) is 9.59. The second-order valence-corrected chi connectivity index (χ2v) is 4.56. The smallest absolute Gasteiger partial charge is 0.252 e. The number of halogens is 1. The average molecular weight is 215 g/mol. The van der Waals surface area contributed by atoms with Crippen molar-refractivity contribution in [2.24, 2.45) is 0 Å². The van der Waals surface area contributed by atoms with E-state index in [1.165, 1.54) is 0 Å². The lowest BCUT2D eigenvalue weighted by Crippen LogP contribution is -2.24. The van der Waals surface area contributed by atoms with Crippen LogP contribution in [0.25, 0.3) is 0 Å². The number of aromatic nitrogens is 2. The second kappa shape index (κ2) is 3.73. The van der Waals surface area contributed by atoms with Crippen LogP contribution in [0.2, 0.25) is 5.15 Å². The van der Waals surface area contributed by atoms with E-state index in [-0.39, 0.29) is 5.60 Å². The van der Waals surface area contributed by atoms with Crippen LogP contribution in [0, 0.1) is 13.8 Å². The van der Waals surface area contributed by atoms with Crippen molar-refractivity contribution in [2.45, 2.75) is 40.2 Å². The summed E-state index contributed by atoms with van der Waals surface area (Å²) in [5.41, 5.74) is 1.37. The van der Waals surface area contributed by atoms with Gasteiger partial charge >= 0.3 is 0 Å². The van der Waals surface area contributed by atoms with Crippen LogP contribution in [-0.2, 0) is 0 Å². The summed E-state index contributed by atoms with van der Waals surface area (Å²) in [4.78, 5) is 8.38. The largest absolute Gasteiger partial charge is 0.470 e. The zero-order valence-electron chi connectivity index (χ0n) is 9.18. The Morgan fingerprint density at radius 1 is 1.07 bits per heavy atom. The summed E-state index contributed by atoms with van der Waals surface area (Å²) in [6, 6.07) is 0. The molecule has 0 N–H and O–H groups in total. The Morgan fingerprint density at radius 2 is 1.57 bits per heavy atom. The topological polar surface area (TPSA) is 35.0 Å². The Hall–Kier alpha value is -0.830. The third-order valence-electron chi connectivity index (χ3n) is 1.64. The average Bonchev–Trinajstić information content (AvgIpc) is 1.97. The molecule has 14 heavy (non-hydrogen) atoms. The SMILES string of the molecule is Cc1nc(Cl)c(OC(C)(C)C)nc1C. The lowest BCUT2D eigenvalue weighted by Gasteiger charge is -2.21. The van der Waals surface area contributed by atoms with Gasteiger partial charge in [0.25, 0.3) is 5.88 Å². The Labute approximate surface area is 89.5 Å². The van der Waals surface area contributed by atoms with Crippen LogP contribution in [-0.4, -0.2) is 15.6 Å².